The van der Waals surface area contributed by atoms with Crippen molar-refractivity contribution in [3.05, 3.63) is 83.9 Å². The van der Waals surface area contributed by atoms with Crippen LogP contribution in [0.1, 0.15) is 24.0 Å². The molecule has 176 valence electrons. The number of rotatable bonds is 8. The van der Waals surface area contributed by atoms with Crippen molar-refractivity contribution in [1.82, 2.24) is 10.2 Å². The molecule has 6 nitrogen and oxygen atoms in total. The predicted octanol–water partition coefficient (Wildman–Crippen LogP) is 3.48. The van der Waals surface area contributed by atoms with Crippen LogP contribution < -0.4 is 5.32 Å². The first-order valence-electron chi connectivity index (χ1n) is 11.5. The minimum absolute atomic E-state index is 0.268. The lowest BCUT2D eigenvalue weighted by Gasteiger charge is -2.28. The number of nitrogens with zero attached hydrogens (tertiary/aromatic N) is 1. The molecule has 0 saturated carbocycles. The van der Waals surface area contributed by atoms with E-state index < -0.39 is 23.3 Å². The van der Waals surface area contributed by atoms with Gasteiger partial charge in [0.15, 0.2) is 0 Å². The monoisotopic (exact) mass is 476 g/mol. The van der Waals surface area contributed by atoms with Gasteiger partial charge in [-0.1, -0.05) is 72.8 Å². The zero-order chi connectivity index (χ0) is 24.1. The number of carboxylic acids is 1. The van der Waals surface area contributed by atoms with Gasteiger partial charge in [0.1, 0.15) is 12.1 Å². The lowest BCUT2D eigenvalue weighted by atomic mass is 10.00. The van der Waals surface area contributed by atoms with Crippen LogP contribution >= 0.6 is 12.6 Å². The van der Waals surface area contributed by atoms with Gasteiger partial charge in [0.2, 0.25) is 11.8 Å². The number of fused-ring (bicyclic) bond motifs is 1. The summed E-state index contributed by atoms with van der Waals surface area (Å²) in [6.45, 7) is 0.369. The number of carbonyl (C=O) groups is 3. The van der Waals surface area contributed by atoms with Crippen molar-refractivity contribution in [2.45, 2.75) is 43.0 Å². The number of thiol groups is 1. The molecule has 3 aromatic rings. The van der Waals surface area contributed by atoms with E-state index in [-0.39, 0.29) is 18.2 Å². The SMILES string of the molecule is O=C(N[C@@H](Cc1ccc2ccccc2c1)C(=O)N1CCC[C@H]1C(=O)O)[C@H](S)Cc1ccccc1. The largest absolute Gasteiger partial charge is 0.480 e. The van der Waals surface area contributed by atoms with E-state index >= 15 is 0 Å². The van der Waals surface area contributed by atoms with Crippen molar-refractivity contribution >= 4 is 41.2 Å². The Morgan fingerprint density at radius 2 is 1.65 bits per heavy atom. The maximum Gasteiger partial charge on any atom is 0.326 e. The van der Waals surface area contributed by atoms with Crippen molar-refractivity contribution in [2.75, 3.05) is 6.54 Å². The summed E-state index contributed by atoms with van der Waals surface area (Å²) in [5, 5.41) is 13.9. The molecule has 0 aromatic heterocycles. The van der Waals surface area contributed by atoms with E-state index in [1.807, 2.05) is 72.8 Å². The molecular formula is C27H28N2O4S. The molecule has 3 aromatic carbocycles. The number of amides is 2. The Labute approximate surface area is 204 Å². The lowest BCUT2D eigenvalue weighted by Crippen LogP contribution is -2.53. The van der Waals surface area contributed by atoms with Gasteiger partial charge in [0, 0.05) is 13.0 Å². The number of nitrogens with one attached hydrogen (secondary N) is 1. The Morgan fingerprint density at radius 3 is 2.38 bits per heavy atom. The summed E-state index contributed by atoms with van der Waals surface area (Å²) in [6, 6.07) is 21.7. The molecule has 7 heteroatoms. The van der Waals surface area contributed by atoms with Crippen LogP contribution in [0.25, 0.3) is 10.8 Å². The molecule has 0 bridgehead atoms. The van der Waals surface area contributed by atoms with E-state index in [0.29, 0.717) is 25.8 Å². The lowest BCUT2D eigenvalue weighted by molar-refractivity contribution is -0.149. The molecule has 1 aliphatic heterocycles. The fraction of sp³-hybridized carbons (Fsp3) is 0.296. The molecule has 0 spiro atoms. The Kier molecular flexibility index (Phi) is 7.53. The first-order valence-corrected chi connectivity index (χ1v) is 12.0. The summed E-state index contributed by atoms with van der Waals surface area (Å²) in [5.41, 5.74) is 1.86. The van der Waals surface area contributed by atoms with Gasteiger partial charge >= 0.3 is 5.97 Å². The third-order valence-corrected chi connectivity index (χ3v) is 6.68. The van der Waals surface area contributed by atoms with E-state index in [1.165, 1.54) is 4.90 Å². The molecular weight excluding hydrogens is 448 g/mol. The summed E-state index contributed by atoms with van der Waals surface area (Å²) in [5.74, 6) is -1.73. The van der Waals surface area contributed by atoms with Crippen molar-refractivity contribution in [3.63, 3.8) is 0 Å². The molecule has 1 aliphatic rings. The highest BCUT2D eigenvalue weighted by molar-refractivity contribution is 7.81. The summed E-state index contributed by atoms with van der Waals surface area (Å²) < 4.78 is 0. The molecule has 3 atom stereocenters. The van der Waals surface area contributed by atoms with Gasteiger partial charge < -0.3 is 15.3 Å². The molecule has 2 amide bonds. The second kappa shape index (κ2) is 10.7. The normalized spacial score (nSPS) is 17.3. The highest BCUT2D eigenvalue weighted by Gasteiger charge is 2.38. The van der Waals surface area contributed by atoms with Gasteiger partial charge in [-0.3, -0.25) is 9.59 Å². The zero-order valence-electron chi connectivity index (χ0n) is 18.8. The van der Waals surface area contributed by atoms with E-state index in [9.17, 15) is 19.5 Å². The Hall–Kier alpha value is -3.32. The van der Waals surface area contributed by atoms with Crippen LogP contribution in [0.15, 0.2) is 72.8 Å². The standard InChI is InChI=1S/C27H28N2O4S/c30-25(24(34)17-18-7-2-1-3-8-18)28-22(26(31)29-14-6-11-23(29)27(32)33)16-19-12-13-20-9-4-5-10-21(20)15-19/h1-5,7-10,12-13,15,22-24,34H,6,11,14,16-17H2,(H,28,30)(H,32,33)/t22-,23-,24+/m0/s1. The molecule has 0 aliphatic carbocycles. The minimum atomic E-state index is -1.02. The third kappa shape index (κ3) is 5.59. The highest BCUT2D eigenvalue weighted by Crippen LogP contribution is 2.22. The number of hydrogen-bond donors (Lipinski definition) is 3. The highest BCUT2D eigenvalue weighted by atomic mass is 32.1. The van der Waals surface area contributed by atoms with Crippen molar-refractivity contribution in [1.29, 1.82) is 0 Å². The zero-order valence-corrected chi connectivity index (χ0v) is 19.7. The molecule has 1 heterocycles. The third-order valence-electron chi connectivity index (χ3n) is 6.26. The maximum atomic E-state index is 13.5. The molecule has 1 fully saturated rings. The summed E-state index contributed by atoms with van der Waals surface area (Å²) in [6.07, 6.45) is 1.74. The number of aliphatic carboxylic acids is 1. The maximum absolute atomic E-state index is 13.5. The van der Waals surface area contributed by atoms with E-state index in [0.717, 1.165) is 21.9 Å². The first-order chi connectivity index (χ1) is 16.4. The van der Waals surface area contributed by atoms with E-state index in [2.05, 4.69) is 17.9 Å². The van der Waals surface area contributed by atoms with Crippen LogP contribution in [-0.4, -0.2) is 51.7 Å². The fourth-order valence-corrected chi connectivity index (χ4v) is 4.77. The Bertz CT molecular complexity index is 1180. The van der Waals surface area contributed by atoms with Gasteiger partial charge in [0.25, 0.3) is 0 Å². The average molecular weight is 477 g/mol. The predicted molar refractivity (Wildman–Crippen MR) is 135 cm³/mol. The molecule has 2 N–H and O–H groups in total. The van der Waals surface area contributed by atoms with Crippen LogP contribution in [0.2, 0.25) is 0 Å². The van der Waals surface area contributed by atoms with Gasteiger partial charge in [-0.15, -0.1) is 0 Å². The molecule has 0 unspecified atom stereocenters. The topological polar surface area (TPSA) is 86.7 Å². The van der Waals surface area contributed by atoms with Crippen LogP contribution in [-0.2, 0) is 27.2 Å². The molecule has 4 rings (SSSR count). The van der Waals surface area contributed by atoms with Crippen LogP contribution in [0.4, 0.5) is 0 Å². The minimum Gasteiger partial charge on any atom is -0.480 e. The van der Waals surface area contributed by atoms with Crippen molar-refractivity contribution in [2.24, 2.45) is 0 Å². The Balaban J connectivity index is 1.55. The summed E-state index contributed by atoms with van der Waals surface area (Å²) in [7, 11) is 0. The number of benzene rings is 3. The van der Waals surface area contributed by atoms with Crippen molar-refractivity contribution < 1.29 is 19.5 Å². The molecule has 1 saturated heterocycles. The summed E-state index contributed by atoms with van der Waals surface area (Å²) in [4.78, 5) is 39.6. The molecule has 34 heavy (non-hydrogen) atoms. The van der Waals surface area contributed by atoms with Crippen molar-refractivity contribution in [3.8, 4) is 0 Å². The average Bonchev–Trinajstić information content (AvgIpc) is 3.34. The quantitative estimate of drug-likeness (QED) is 0.435. The van der Waals surface area contributed by atoms with Gasteiger partial charge in [-0.2, -0.15) is 12.6 Å². The van der Waals surface area contributed by atoms with Gasteiger partial charge in [0.05, 0.1) is 5.25 Å². The fourth-order valence-electron chi connectivity index (χ4n) is 4.49. The summed E-state index contributed by atoms with van der Waals surface area (Å²) >= 11 is 4.48. The number of hydrogen-bond acceptors (Lipinski definition) is 4. The second-order valence-corrected chi connectivity index (χ2v) is 9.30. The molecule has 0 radical (unpaired) electrons. The van der Waals surface area contributed by atoms with E-state index in [1.54, 1.807) is 0 Å². The van der Waals surface area contributed by atoms with Crippen LogP contribution in [0.3, 0.4) is 0 Å². The van der Waals surface area contributed by atoms with Gasteiger partial charge in [-0.05, 0) is 41.2 Å². The van der Waals surface area contributed by atoms with Gasteiger partial charge in [-0.25, -0.2) is 4.79 Å². The number of carbonyl (C=O) groups excluding carboxylic acids is 2. The number of likely N-dealkylation sites (tertiary alicyclic amines) is 1. The number of carboxylic acid groups (broad SMARTS) is 1. The van der Waals surface area contributed by atoms with E-state index in [4.69, 9.17) is 0 Å². The Morgan fingerprint density at radius 1 is 0.941 bits per heavy atom. The van der Waals surface area contributed by atoms with Crippen LogP contribution in [0.5, 0.6) is 0 Å². The van der Waals surface area contributed by atoms with Crippen LogP contribution in [0, 0.1) is 0 Å². The second-order valence-electron chi connectivity index (χ2n) is 8.68. The first kappa shape index (κ1) is 23.8. The smallest absolute Gasteiger partial charge is 0.326 e.